The molecular weight excluding hydrogens is 560 g/mol. The second kappa shape index (κ2) is 13.4. The minimum Gasteiger partial charge on any atom is -0.381 e. The third-order valence-electron chi connectivity index (χ3n) is 11.7. The van der Waals surface area contributed by atoms with Gasteiger partial charge in [0.1, 0.15) is 5.78 Å². The molecular formula is C36H53F2N3O3. The summed E-state index contributed by atoms with van der Waals surface area (Å²) >= 11 is 0. The van der Waals surface area contributed by atoms with Crippen LogP contribution in [0.2, 0.25) is 0 Å². The van der Waals surface area contributed by atoms with E-state index in [1.54, 1.807) is 0 Å². The number of hydrogen-bond acceptors (Lipinski definition) is 4. The zero-order valence-corrected chi connectivity index (χ0v) is 26.9. The molecule has 1 saturated carbocycles. The molecule has 4 aliphatic heterocycles. The van der Waals surface area contributed by atoms with Gasteiger partial charge in [-0.1, -0.05) is 30.3 Å². The van der Waals surface area contributed by atoms with Crippen molar-refractivity contribution >= 4 is 11.8 Å². The lowest BCUT2D eigenvalue weighted by molar-refractivity contribution is -0.127. The molecule has 5 aliphatic rings. The number of fused-ring (bicyclic) bond motifs is 2. The Morgan fingerprint density at radius 1 is 0.977 bits per heavy atom. The number of carbonyl (C=O) groups excluding carboxylic acids is 2. The number of urea groups is 1. The number of alkyl halides is 2. The zero-order valence-electron chi connectivity index (χ0n) is 26.9. The maximum atomic E-state index is 13.8. The van der Waals surface area contributed by atoms with Crippen LogP contribution in [0.4, 0.5) is 13.6 Å². The Labute approximate surface area is 262 Å². The molecule has 1 aliphatic carbocycles. The highest BCUT2D eigenvalue weighted by atomic mass is 19.3. The van der Waals surface area contributed by atoms with Crippen molar-refractivity contribution in [2.24, 2.45) is 11.8 Å². The van der Waals surface area contributed by atoms with E-state index >= 15 is 0 Å². The standard InChI is InChI=1S/C36H53F2N3O3/c1-26(2)41-34(43)39(24-27-14-19-44-20-15-27)25-35(41)22-31-10-11-32(23-35)40(31)18-6-9-30(28-7-4-3-5-8-28)21-33(42)29-12-16-36(37,38)17-13-29/h3-5,7-8,26-27,29-32H,6,9-25H2,1-2H3/t30-,31-,32+,35?/m1/s1. The maximum absolute atomic E-state index is 13.8. The van der Waals surface area contributed by atoms with Gasteiger partial charge in [-0.05, 0) is 102 Å². The van der Waals surface area contributed by atoms with Gasteiger partial charge in [0.25, 0.3) is 0 Å². The molecule has 2 amide bonds. The predicted octanol–water partition coefficient (Wildman–Crippen LogP) is 7.27. The number of amides is 2. The van der Waals surface area contributed by atoms with Crippen molar-refractivity contribution in [3.05, 3.63) is 35.9 Å². The fraction of sp³-hybridized carbons (Fsp3) is 0.778. The number of Topliss-reactive ketones (excluding diaryl/α,β-unsaturated/α-hetero) is 1. The van der Waals surface area contributed by atoms with E-state index in [2.05, 4.69) is 40.7 Å². The van der Waals surface area contributed by atoms with Crippen molar-refractivity contribution in [2.45, 2.75) is 133 Å². The number of benzene rings is 1. The number of ether oxygens (including phenoxy) is 1. The lowest BCUT2D eigenvalue weighted by atomic mass is 9.79. The summed E-state index contributed by atoms with van der Waals surface area (Å²) in [5, 5.41) is 0. The molecule has 8 heteroatoms. The summed E-state index contributed by atoms with van der Waals surface area (Å²) in [6, 6.07) is 11.7. The minimum absolute atomic E-state index is 0.0749. The fourth-order valence-corrected chi connectivity index (χ4v) is 9.51. The number of rotatable bonds is 11. The van der Waals surface area contributed by atoms with Gasteiger partial charge in [0.05, 0.1) is 5.54 Å². The van der Waals surface area contributed by atoms with Crippen LogP contribution in [0.1, 0.15) is 109 Å². The summed E-state index contributed by atoms with van der Waals surface area (Å²) in [5.41, 5.74) is 1.11. The third-order valence-corrected chi connectivity index (χ3v) is 11.7. The van der Waals surface area contributed by atoms with E-state index in [4.69, 9.17) is 4.74 Å². The van der Waals surface area contributed by atoms with Gasteiger partial charge in [-0.3, -0.25) is 9.69 Å². The smallest absolute Gasteiger partial charge is 0.320 e. The first-order valence-corrected chi connectivity index (χ1v) is 17.5. The molecule has 244 valence electrons. The Morgan fingerprint density at radius 2 is 1.64 bits per heavy atom. The lowest BCUT2D eigenvalue weighted by Crippen LogP contribution is -2.60. The van der Waals surface area contributed by atoms with E-state index in [1.165, 1.54) is 18.4 Å². The molecule has 1 unspecified atom stereocenters. The second-order valence-corrected chi connectivity index (χ2v) is 15.0. The van der Waals surface area contributed by atoms with E-state index in [-0.39, 0.29) is 48.1 Å². The van der Waals surface area contributed by atoms with E-state index in [0.717, 1.165) is 71.4 Å². The molecule has 6 rings (SSSR count). The van der Waals surface area contributed by atoms with Crippen LogP contribution in [-0.4, -0.2) is 88.9 Å². The van der Waals surface area contributed by atoms with Gasteiger partial charge in [-0.25, -0.2) is 13.6 Å². The van der Waals surface area contributed by atoms with Crippen molar-refractivity contribution < 1.29 is 23.1 Å². The summed E-state index contributed by atoms with van der Waals surface area (Å²) in [7, 11) is 0. The molecule has 4 heterocycles. The van der Waals surface area contributed by atoms with Crippen molar-refractivity contribution in [2.75, 3.05) is 32.8 Å². The highest BCUT2D eigenvalue weighted by Crippen LogP contribution is 2.48. The molecule has 2 bridgehead atoms. The van der Waals surface area contributed by atoms with Crippen LogP contribution >= 0.6 is 0 Å². The van der Waals surface area contributed by atoms with Crippen molar-refractivity contribution in [1.29, 1.82) is 0 Å². The number of ketones is 1. The topological polar surface area (TPSA) is 53.1 Å². The number of halogens is 2. The SMILES string of the molecule is CC(C)N1C(=O)N(CC2CCOCC2)CC12C[C@H]1CC[C@@H](C2)N1CCC[C@H](CC(=O)C1CCC(F)(F)CC1)c1ccccc1. The van der Waals surface area contributed by atoms with Gasteiger partial charge in [0.2, 0.25) is 5.92 Å². The van der Waals surface area contributed by atoms with Crippen LogP contribution in [0.25, 0.3) is 0 Å². The Hall–Kier alpha value is -2.06. The predicted molar refractivity (Wildman–Crippen MR) is 168 cm³/mol. The molecule has 44 heavy (non-hydrogen) atoms. The summed E-state index contributed by atoms with van der Waals surface area (Å²) in [5.74, 6) is -2.00. The second-order valence-electron chi connectivity index (χ2n) is 15.0. The Balaban J connectivity index is 1.07. The zero-order chi connectivity index (χ0) is 30.9. The van der Waals surface area contributed by atoms with Crippen LogP contribution in [-0.2, 0) is 9.53 Å². The normalized spacial score (nSPS) is 30.5. The average Bonchev–Trinajstić information content (AvgIpc) is 3.40. The van der Waals surface area contributed by atoms with Gasteiger partial charge in [0.15, 0.2) is 0 Å². The van der Waals surface area contributed by atoms with Gasteiger partial charge in [-0.15, -0.1) is 0 Å². The minimum atomic E-state index is -2.61. The molecule has 0 radical (unpaired) electrons. The molecule has 0 aromatic heterocycles. The van der Waals surface area contributed by atoms with E-state index < -0.39 is 5.92 Å². The molecule has 1 aromatic carbocycles. The Morgan fingerprint density at radius 3 is 2.27 bits per heavy atom. The van der Waals surface area contributed by atoms with Gasteiger partial charge in [-0.2, -0.15) is 0 Å². The molecule has 1 aromatic rings. The van der Waals surface area contributed by atoms with Crippen molar-refractivity contribution in [3.8, 4) is 0 Å². The van der Waals surface area contributed by atoms with Gasteiger partial charge >= 0.3 is 6.03 Å². The van der Waals surface area contributed by atoms with Crippen LogP contribution in [0.3, 0.4) is 0 Å². The number of carbonyl (C=O) groups is 2. The monoisotopic (exact) mass is 613 g/mol. The van der Waals surface area contributed by atoms with Crippen LogP contribution in [0.5, 0.6) is 0 Å². The molecule has 5 fully saturated rings. The lowest BCUT2D eigenvalue weighted by Gasteiger charge is -2.49. The van der Waals surface area contributed by atoms with Crippen LogP contribution in [0.15, 0.2) is 30.3 Å². The van der Waals surface area contributed by atoms with Gasteiger partial charge < -0.3 is 14.5 Å². The first-order chi connectivity index (χ1) is 21.1. The molecule has 4 saturated heterocycles. The number of piperidine rings is 1. The molecule has 4 atom stereocenters. The highest BCUT2D eigenvalue weighted by Gasteiger charge is 2.57. The highest BCUT2D eigenvalue weighted by molar-refractivity contribution is 5.82. The molecule has 0 N–H and O–H groups in total. The first kappa shape index (κ1) is 31.9. The quantitative estimate of drug-likeness (QED) is 0.263. The van der Waals surface area contributed by atoms with Crippen molar-refractivity contribution in [1.82, 2.24) is 14.7 Å². The Kier molecular flexibility index (Phi) is 9.68. The van der Waals surface area contributed by atoms with Crippen LogP contribution in [0, 0.1) is 11.8 Å². The van der Waals surface area contributed by atoms with Gasteiger partial charge in [0, 0.05) is 69.6 Å². The summed E-state index contributed by atoms with van der Waals surface area (Å²) in [6.07, 6.45) is 9.26. The average molecular weight is 614 g/mol. The number of nitrogens with zero attached hydrogens (tertiary/aromatic N) is 3. The Bertz CT molecular complexity index is 1120. The number of hydrogen-bond donors (Lipinski definition) is 0. The fourth-order valence-electron chi connectivity index (χ4n) is 9.51. The maximum Gasteiger partial charge on any atom is 0.320 e. The van der Waals surface area contributed by atoms with E-state index in [0.29, 0.717) is 37.3 Å². The largest absolute Gasteiger partial charge is 0.381 e. The summed E-state index contributed by atoms with van der Waals surface area (Å²) in [6.45, 7) is 8.70. The third kappa shape index (κ3) is 6.86. The molecule has 6 nitrogen and oxygen atoms in total. The molecule has 1 spiro atoms. The van der Waals surface area contributed by atoms with E-state index in [9.17, 15) is 18.4 Å². The van der Waals surface area contributed by atoms with Crippen LogP contribution < -0.4 is 0 Å². The summed E-state index contributed by atoms with van der Waals surface area (Å²) in [4.78, 5) is 34.2. The van der Waals surface area contributed by atoms with E-state index in [1.807, 2.05) is 18.2 Å². The summed E-state index contributed by atoms with van der Waals surface area (Å²) < 4.78 is 33.0. The van der Waals surface area contributed by atoms with Crippen molar-refractivity contribution in [3.63, 3.8) is 0 Å². The first-order valence-electron chi connectivity index (χ1n) is 17.5.